The smallest absolute Gasteiger partial charge is 0.426 e. The fourth-order valence-electron chi connectivity index (χ4n) is 2.82. The number of amides is 1. The SMILES string of the molecule is NC1S[C@H]2OC(=O)N2S(C(=O)OC(c2ccccc2)c2ccccc2)=S1CCl. The number of benzene rings is 2. The zero-order chi connectivity index (χ0) is 19.7. The molecule has 3 unspecified atom stereocenters. The third-order valence-corrected chi connectivity index (χ3v) is 12.9. The molecule has 2 heterocycles. The summed E-state index contributed by atoms with van der Waals surface area (Å²) in [6, 6.07) is 19.0. The quantitative estimate of drug-likeness (QED) is 0.555. The summed E-state index contributed by atoms with van der Waals surface area (Å²) in [7, 11) is -1.93. The first-order valence-electron chi connectivity index (χ1n) is 8.32. The van der Waals surface area contributed by atoms with Gasteiger partial charge in [-0.15, -0.1) is 11.6 Å². The summed E-state index contributed by atoms with van der Waals surface area (Å²) in [6.07, 6.45) is -1.13. The third kappa shape index (κ3) is 3.69. The highest BCUT2D eigenvalue weighted by Crippen LogP contribution is 2.39. The van der Waals surface area contributed by atoms with E-state index in [2.05, 4.69) is 0 Å². The standard InChI is InChI=1S/C18H17ClN2O4S3/c19-11-27-15(20)26-17-21(16(22)25-17)28(27)18(23)24-14(12-7-3-1-4-8-12)13-9-5-2-6-10-13/h1-10,14-15,17H,11,20H2/t15?,17-,27?,28?/m1/s1. The predicted molar refractivity (Wildman–Crippen MR) is 114 cm³/mol. The Balaban J connectivity index is 1.70. The van der Waals surface area contributed by atoms with Crippen LogP contribution in [0.3, 0.4) is 0 Å². The van der Waals surface area contributed by atoms with Gasteiger partial charge in [0.25, 0.3) is 0 Å². The molecule has 148 valence electrons. The lowest BCUT2D eigenvalue weighted by Gasteiger charge is -2.45. The minimum Gasteiger partial charge on any atom is -0.443 e. The Morgan fingerprint density at radius 1 is 1.18 bits per heavy atom. The molecule has 0 aliphatic carbocycles. The Labute approximate surface area is 176 Å². The van der Waals surface area contributed by atoms with E-state index in [4.69, 9.17) is 26.8 Å². The molecule has 0 spiro atoms. The maximum absolute atomic E-state index is 13.2. The molecular formula is C18H17ClN2O4S3. The van der Waals surface area contributed by atoms with Crippen molar-refractivity contribution in [2.75, 3.05) is 5.21 Å². The molecule has 4 atom stereocenters. The van der Waals surface area contributed by atoms with Crippen molar-refractivity contribution in [3.05, 3.63) is 71.8 Å². The topological polar surface area (TPSA) is 81.9 Å². The Bertz CT molecular complexity index is 889. The van der Waals surface area contributed by atoms with Gasteiger partial charge >= 0.3 is 11.4 Å². The second-order valence-electron chi connectivity index (χ2n) is 5.83. The molecule has 2 aliphatic rings. The largest absolute Gasteiger partial charge is 0.443 e. The van der Waals surface area contributed by atoms with Crippen LogP contribution in [0.25, 0.3) is 0 Å². The molecule has 28 heavy (non-hydrogen) atoms. The molecule has 10 heteroatoms. The van der Waals surface area contributed by atoms with Crippen molar-refractivity contribution in [1.82, 2.24) is 4.31 Å². The van der Waals surface area contributed by atoms with Gasteiger partial charge in [0.1, 0.15) is 4.71 Å². The van der Waals surface area contributed by atoms with Gasteiger partial charge in [0.2, 0.25) is 5.56 Å². The molecule has 4 rings (SSSR count). The van der Waals surface area contributed by atoms with Crippen molar-refractivity contribution in [2.45, 2.75) is 16.4 Å². The monoisotopic (exact) mass is 456 g/mol. The lowest BCUT2D eigenvalue weighted by Crippen LogP contribution is -2.60. The average Bonchev–Trinajstić information content (AvgIpc) is 2.72. The summed E-state index contributed by atoms with van der Waals surface area (Å²) in [4.78, 5) is 25.2. The van der Waals surface area contributed by atoms with Crippen LogP contribution in [0, 0.1) is 0 Å². The Hall–Kier alpha value is -1.52. The molecule has 1 amide bonds. The van der Waals surface area contributed by atoms with Crippen molar-refractivity contribution in [3.63, 3.8) is 0 Å². The first-order chi connectivity index (χ1) is 13.6. The van der Waals surface area contributed by atoms with E-state index in [1.54, 1.807) is 0 Å². The lowest BCUT2D eigenvalue weighted by atomic mass is 10.0. The van der Waals surface area contributed by atoms with E-state index in [-0.39, 0.29) is 5.21 Å². The molecule has 0 aromatic heterocycles. The second kappa shape index (κ2) is 8.46. The van der Waals surface area contributed by atoms with Crippen LogP contribution in [-0.4, -0.2) is 31.2 Å². The van der Waals surface area contributed by atoms with Gasteiger partial charge in [-0.2, -0.15) is 4.31 Å². The van der Waals surface area contributed by atoms with Crippen molar-refractivity contribution in [1.29, 1.82) is 0 Å². The van der Waals surface area contributed by atoms with Gasteiger partial charge < -0.3 is 15.2 Å². The van der Waals surface area contributed by atoms with E-state index in [0.717, 1.165) is 11.1 Å². The van der Waals surface area contributed by atoms with Crippen molar-refractivity contribution < 1.29 is 19.1 Å². The van der Waals surface area contributed by atoms with Gasteiger partial charge in [0, 0.05) is 0 Å². The number of fused-ring (bicyclic) bond motifs is 1. The Kier molecular flexibility index (Phi) is 5.98. The molecule has 0 saturated carbocycles. The van der Waals surface area contributed by atoms with Gasteiger partial charge in [-0.1, -0.05) is 81.9 Å². The number of carbonyl (C=O) groups is 2. The highest BCUT2D eigenvalue weighted by Gasteiger charge is 2.50. The number of hydrogen-bond acceptors (Lipinski definition) is 6. The normalized spacial score (nSPS) is 26.2. The second-order valence-corrected chi connectivity index (χ2v) is 12.9. The van der Waals surface area contributed by atoms with E-state index in [0.29, 0.717) is 0 Å². The van der Waals surface area contributed by atoms with Gasteiger partial charge in [-0.3, -0.25) is 0 Å². The average molecular weight is 457 g/mol. The first kappa shape index (κ1) is 19.8. The molecule has 6 nitrogen and oxygen atoms in total. The first-order valence-corrected chi connectivity index (χ1v) is 13.0. The fourth-order valence-corrected chi connectivity index (χ4v) is 11.4. The van der Waals surface area contributed by atoms with Gasteiger partial charge in [0.15, 0.2) is 6.10 Å². The van der Waals surface area contributed by atoms with Crippen LogP contribution in [0.4, 0.5) is 9.59 Å². The summed E-state index contributed by atoms with van der Waals surface area (Å²) >= 11 is 7.40. The number of thioether (sulfide) groups is 1. The number of hydrogen-bond donors (Lipinski definition) is 1. The third-order valence-electron chi connectivity index (χ3n) is 4.13. The van der Waals surface area contributed by atoms with Crippen LogP contribution in [-0.2, 0) is 28.6 Å². The van der Waals surface area contributed by atoms with Gasteiger partial charge in [-0.25, -0.2) is 9.59 Å². The molecular weight excluding hydrogens is 440 g/mol. The maximum atomic E-state index is 13.2. The van der Waals surface area contributed by atoms with Crippen LogP contribution in [0.2, 0.25) is 0 Å². The van der Waals surface area contributed by atoms with Crippen LogP contribution < -0.4 is 5.73 Å². The Morgan fingerprint density at radius 2 is 1.75 bits per heavy atom. The summed E-state index contributed by atoms with van der Waals surface area (Å²) in [5.74, 6) is 0. The van der Waals surface area contributed by atoms with Crippen LogP contribution in [0.5, 0.6) is 0 Å². The summed E-state index contributed by atoms with van der Waals surface area (Å²) in [6.45, 7) is 0. The molecule has 2 aliphatic heterocycles. The van der Waals surface area contributed by atoms with E-state index in [9.17, 15) is 9.59 Å². The molecule has 0 bridgehead atoms. The van der Waals surface area contributed by atoms with Crippen LogP contribution in [0.15, 0.2) is 60.7 Å². The number of carbonyl (C=O) groups excluding carboxylic acids is 2. The highest BCUT2D eigenvalue weighted by molar-refractivity contribution is 8.53. The molecule has 1 fully saturated rings. The minimum absolute atomic E-state index is 0.171. The van der Waals surface area contributed by atoms with E-state index < -0.39 is 46.9 Å². The lowest BCUT2D eigenvalue weighted by molar-refractivity contribution is 0.00722. The summed E-state index contributed by atoms with van der Waals surface area (Å²) in [5.41, 5.74) is 7.30. The van der Waals surface area contributed by atoms with E-state index in [1.165, 1.54) is 16.1 Å². The summed E-state index contributed by atoms with van der Waals surface area (Å²) < 4.78 is 12.1. The summed E-state index contributed by atoms with van der Waals surface area (Å²) in [5, 5.41) is -0.330. The molecule has 2 N–H and O–H groups in total. The Morgan fingerprint density at radius 3 is 2.25 bits per heavy atom. The minimum atomic E-state index is -1.20. The highest BCUT2D eigenvalue weighted by atomic mass is 35.5. The van der Waals surface area contributed by atoms with E-state index >= 15 is 0 Å². The number of ether oxygens (including phenoxy) is 2. The van der Waals surface area contributed by atoms with Crippen molar-refractivity contribution in [2.24, 2.45) is 5.73 Å². The van der Waals surface area contributed by atoms with Crippen LogP contribution in [0.1, 0.15) is 17.2 Å². The molecule has 2 aromatic rings. The number of alkyl halides is 1. The maximum Gasteiger partial charge on any atom is 0.426 e. The number of rotatable bonds is 4. The van der Waals surface area contributed by atoms with E-state index in [1.807, 2.05) is 60.7 Å². The van der Waals surface area contributed by atoms with Gasteiger partial charge in [0.05, 0.1) is 14.9 Å². The van der Waals surface area contributed by atoms with Gasteiger partial charge in [-0.05, 0) is 11.1 Å². The zero-order valence-electron chi connectivity index (χ0n) is 14.5. The molecule has 0 radical (unpaired) electrons. The number of halogens is 1. The van der Waals surface area contributed by atoms with Crippen LogP contribution >= 0.6 is 23.4 Å². The number of nitrogens with two attached hydrogens (primary N) is 1. The fraction of sp³-hybridized carbons (Fsp3) is 0.222. The zero-order valence-corrected chi connectivity index (χ0v) is 17.7. The number of nitrogens with zero attached hydrogens (tertiary/aromatic N) is 1. The predicted octanol–water partition coefficient (Wildman–Crippen LogP) is 3.90. The van der Waals surface area contributed by atoms with Crippen molar-refractivity contribution >= 4 is 53.9 Å². The van der Waals surface area contributed by atoms with Crippen molar-refractivity contribution in [3.8, 4) is 0 Å². The molecule has 2 aromatic carbocycles. The molecule has 1 saturated heterocycles.